The number of halogens is 1. The third-order valence-electron chi connectivity index (χ3n) is 5.13. The van der Waals surface area contributed by atoms with Gasteiger partial charge in [0.2, 0.25) is 0 Å². The van der Waals surface area contributed by atoms with Gasteiger partial charge in [-0.2, -0.15) is 0 Å². The molecule has 182 valence electrons. The third kappa shape index (κ3) is 11.7. The molecule has 1 fully saturated rings. The lowest BCUT2D eigenvalue weighted by atomic mass is 10.1. The predicted molar refractivity (Wildman–Crippen MR) is 142 cm³/mol. The molecule has 1 saturated heterocycles. The molecule has 0 aromatic heterocycles. The van der Waals surface area contributed by atoms with Crippen molar-refractivity contribution in [2.75, 3.05) is 13.2 Å². The monoisotopic (exact) mass is 499 g/mol. The normalized spacial score (nSPS) is 13.7. The van der Waals surface area contributed by atoms with E-state index in [4.69, 9.17) is 26.6 Å². The highest BCUT2D eigenvalue weighted by Crippen LogP contribution is 2.31. The fourth-order valence-electron chi connectivity index (χ4n) is 3.15. The standard InChI is InChI=1S/C18H20ClNS.C8H10.C2H4O3/c1-13-4-2-7-16(10-13)21-17-9-8-14(18(19)11-17)5-3-6-15-12-20-15;1-2-8-6-4-3-5-7-8;3-1-2(4)5/h2,4,7-11,15,20H,3,5-6,12H2,1H3;3-7H,2H2,1H3;3H,1H2,(H,4,5). The van der Waals surface area contributed by atoms with Crippen LogP contribution in [-0.4, -0.2) is 35.4 Å². The zero-order chi connectivity index (χ0) is 24.8. The second kappa shape index (κ2) is 15.6. The number of nitrogens with one attached hydrogen (secondary N) is 1. The summed E-state index contributed by atoms with van der Waals surface area (Å²) in [5.41, 5.74) is 3.97. The Balaban J connectivity index is 0.000000258. The van der Waals surface area contributed by atoms with E-state index >= 15 is 0 Å². The van der Waals surface area contributed by atoms with E-state index in [2.05, 4.69) is 85.9 Å². The van der Waals surface area contributed by atoms with E-state index < -0.39 is 12.6 Å². The van der Waals surface area contributed by atoms with E-state index in [1.807, 2.05) is 6.07 Å². The molecule has 4 rings (SSSR count). The maximum absolute atomic E-state index is 9.12. The first-order valence-corrected chi connectivity index (χ1v) is 12.7. The van der Waals surface area contributed by atoms with Gasteiger partial charge in [0.1, 0.15) is 6.61 Å². The summed E-state index contributed by atoms with van der Waals surface area (Å²) in [6.45, 7) is 4.70. The molecule has 3 aromatic rings. The molecule has 1 aliphatic rings. The molecule has 1 aliphatic heterocycles. The van der Waals surface area contributed by atoms with Gasteiger partial charge in [-0.1, -0.05) is 84.4 Å². The SMILES string of the molecule is CCc1ccccc1.Cc1cccc(Sc2ccc(CCCC3CN3)c(Cl)c2)c1.O=C(O)CO. The second-order valence-electron chi connectivity index (χ2n) is 8.06. The maximum Gasteiger partial charge on any atom is 0.329 e. The quantitative estimate of drug-likeness (QED) is 0.312. The smallest absolute Gasteiger partial charge is 0.329 e. The lowest BCUT2D eigenvalue weighted by Gasteiger charge is -2.07. The predicted octanol–water partition coefficient (Wildman–Crippen LogP) is 6.41. The molecule has 0 amide bonds. The Hall–Kier alpha value is -2.31. The fraction of sp³-hybridized carbons (Fsp3) is 0.321. The molecule has 3 aromatic carbocycles. The summed E-state index contributed by atoms with van der Waals surface area (Å²) < 4.78 is 0. The average molecular weight is 500 g/mol. The van der Waals surface area contributed by atoms with E-state index in [0.717, 1.165) is 23.9 Å². The molecule has 6 heteroatoms. The summed E-state index contributed by atoms with van der Waals surface area (Å²) >= 11 is 8.20. The minimum absolute atomic E-state index is 0.764. The van der Waals surface area contributed by atoms with Gasteiger partial charge in [0.15, 0.2) is 0 Å². The summed E-state index contributed by atoms with van der Waals surface area (Å²) in [6.07, 6.45) is 4.69. The molecule has 3 N–H and O–H groups in total. The number of aliphatic hydroxyl groups excluding tert-OH is 1. The van der Waals surface area contributed by atoms with Gasteiger partial charge in [0.05, 0.1) is 0 Å². The first-order chi connectivity index (χ1) is 16.4. The summed E-state index contributed by atoms with van der Waals surface area (Å²) in [7, 11) is 0. The van der Waals surface area contributed by atoms with E-state index in [1.165, 1.54) is 45.9 Å². The summed E-state index contributed by atoms with van der Waals surface area (Å²) in [5.74, 6) is -1.19. The number of carbonyl (C=O) groups is 1. The Bertz CT molecular complexity index is 1010. The molecule has 0 spiro atoms. The molecular weight excluding hydrogens is 466 g/mol. The van der Waals surface area contributed by atoms with Crippen LogP contribution in [0.2, 0.25) is 5.02 Å². The van der Waals surface area contributed by atoms with E-state index in [1.54, 1.807) is 11.8 Å². The van der Waals surface area contributed by atoms with Gasteiger partial charge in [-0.3, -0.25) is 0 Å². The van der Waals surface area contributed by atoms with Crippen LogP contribution in [0.4, 0.5) is 0 Å². The average Bonchev–Trinajstić information content (AvgIpc) is 3.66. The summed E-state index contributed by atoms with van der Waals surface area (Å²) in [4.78, 5) is 11.6. The van der Waals surface area contributed by atoms with Crippen molar-refractivity contribution in [1.82, 2.24) is 5.32 Å². The van der Waals surface area contributed by atoms with Crippen LogP contribution in [0.15, 0.2) is 82.6 Å². The zero-order valence-electron chi connectivity index (χ0n) is 19.8. The number of aliphatic hydroxyl groups is 1. The Morgan fingerprint density at radius 1 is 1.06 bits per heavy atom. The molecular formula is C28H34ClNO3S. The van der Waals surface area contributed by atoms with Crippen LogP contribution in [0.3, 0.4) is 0 Å². The van der Waals surface area contributed by atoms with Crippen molar-refractivity contribution in [3.8, 4) is 0 Å². The van der Waals surface area contributed by atoms with Crippen LogP contribution in [0.5, 0.6) is 0 Å². The Kier molecular flexibility index (Phi) is 12.8. The lowest BCUT2D eigenvalue weighted by Crippen LogP contribution is -1.98. The number of aryl methyl sites for hydroxylation is 3. The minimum atomic E-state index is -1.19. The highest BCUT2D eigenvalue weighted by atomic mass is 35.5. The molecule has 0 radical (unpaired) electrons. The van der Waals surface area contributed by atoms with Crippen LogP contribution in [-0.2, 0) is 17.6 Å². The molecule has 34 heavy (non-hydrogen) atoms. The Labute approximate surface area is 212 Å². The number of aliphatic carboxylic acids is 1. The molecule has 0 aliphatic carbocycles. The van der Waals surface area contributed by atoms with E-state index in [0.29, 0.717) is 0 Å². The van der Waals surface area contributed by atoms with Crippen molar-refractivity contribution in [2.24, 2.45) is 0 Å². The number of carboxylic acid groups (broad SMARTS) is 1. The van der Waals surface area contributed by atoms with Gasteiger partial charge < -0.3 is 15.5 Å². The number of hydrogen-bond acceptors (Lipinski definition) is 4. The molecule has 4 nitrogen and oxygen atoms in total. The van der Waals surface area contributed by atoms with Gasteiger partial charge in [-0.25, -0.2) is 4.79 Å². The number of benzene rings is 3. The van der Waals surface area contributed by atoms with Crippen LogP contribution in [0.1, 0.15) is 36.5 Å². The van der Waals surface area contributed by atoms with Crippen molar-refractivity contribution in [3.05, 3.63) is 94.5 Å². The number of rotatable bonds is 8. The fourth-order valence-corrected chi connectivity index (χ4v) is 4.47. The highest BCUT2D eigenvalue weighted by Gasteiger charge is 2.18. The topological polar surface area (TPSA) is 79.5 Å². The van der Waals surface area contributed by atoms with E-state index in [-0.39, 0.29) is 0 Å². The molecule has 0 bridgehead atoms. The Morgan fingerprint density at radius 2 is 1.74 bits per heavy atom. The third-order valence-corrected chi connectivity index (χ3v) is 6.46. The minimum Gasteiger partial charge on any atom is -0.480 e. The number of hydrogen-bond donors (Lipinski definition) is 3. The summed E-state index contributed by atoms with van der Waals surface area (Å²) in [5, 5.41) is 19.3. The molecule has 1 heterocycles. The number of carboxylic acids is 1. The molecule has 1 unspecified atom stereocenters. The van der Waals surface area contributed by atoms with Crippen molar-refractivity contribution in [3.63, 3.8) is 0 Å². The van der Waals surface area contributed by atoms with Gasteiger partial charge in [-0.15, -0.1) is 0 Å². The van der Waals surface area contributed by atoms with Crippen LogP contribution < -0.4 is 5.32 Å². The zero-order valence-corrected chi connectivity index (χ0v) is 21.4. The van der Waals surface area contributed by atoms with Crippen molar-refractivity contribution in [2.45, 2.75) is 55.4 Å². The van der Waals surface area contributed by atoms with Crippen molar-refractivity contribution in [1.29, 1.82) is 0 Å². The summed E-state index contributed by atoms with van der Waals surface area (Å²) in [6, 6.07) is 26.2. The van der Waals surface area contributed by atoms with Crippen LogP contribution in [0, 0.1) is 6.92 Å². The van der Waals surface area contributed by atoms with Crippen molar-refractivity contribution >= 4 is 29.3 Å². The van der Waals surface area contributed by atoms with Gasteiger partial charge in [-0.05, 0) is 68.0 Å². The molecule has 0 saturated carbocycles. The highest BCUT2D eigenvalue weighted by molar-refractivity contribution is 7.99. The van der Waals surface area contributed by atoms with Crippen molar-refractivity contribution < 1.29 is 15.0 Å². The van der Waals surface area contributed by atoms with Crippen LogP contribution >= 0.6 is 23.4 Å². The lowest BCUT2D eigenvalue weighted by molar-refractivity contribution is -0.140. The first-order valence-electron chi connectivity index (χ1n) is 11.5. The van der Waals surface area contributed by atoms with Gasteiger partial charge >= 0.3 is 5.97 Å². The largest absolute Gasteiger partial charge is 0.480 e. The van der Waals surface area contributed by atoms with Crippen LogP contribution in [0.25, 0.3) is 0 Å². The van der Waals surface area contributed by atoms with E-state index in [9.17, 15) is 0 Å². The Morgan fingerprint density at radius 3 is 2.26 bits per heavy atom. The first kappa shape index (κ1) is 27.9. The second-order valence-corrected chi connectivity index (χ2v) is 9.61. The molecule has 1 atom stereocenters. The van der Waals surface area contributed by atoms with Gasteiger partial charge in [0, 0.05) is 27.4 Å². The maximum atomic E-state index is 9.12. The van der Waals surface area contributed by atoms with Gasteiger partial charge in [0.25, 0.3) is 0 Å².